The zero-order chi connectivity index (χ0) is 11.4. The zero-order valence-electron chi connectivity index (χ0n) is 8.11. The Kier molecular flexibility index (Phi) is 3.79. The van der Waals surface area contributed by atoms with Crippen LogP contribution in [0.4, 0.5) is 11.5 Å². The highest BCUT2D eigenvalue weighted by molar-refractivity contribution is 9.10. The number of pyridine rings is 1. The van der Waals surface area contributed by atoms with E-state index < -0.39 is 4.92 Å². The van der Waals surface area contributed by atoms with Gasteiger partial charge in [0.1, 0.15) is 0 Å². The van der Waals surface area contributed by atoms with Crippen LogP contribution in [-0.2, 0) is 0 Å². The average molecular weight is 272 g/mol. The summed E-state index contributed by atoms with van der Waals surface area (Å²) in [5.41, 5.74) is -0.0573. The van der Waals surface area contributed by atoms with E-state index in [4.69, 9.17) is 0 Å². The third-order valence-electron chi connectivity index (χ3n) is 1.75. The molecule has 0 saturated heterocycles. The second kappa shape index (κ2) is 4.88. The predicted molar refractivity (Wildman–Crippen MR) is 61.9 cm³/mol. The summed E-state index contributed by atoms with van der Waals surface area (Å²) in [6.45, 7) is 5.41. The van der Waals surface area contributed by atoms with Crippen molar-refractivity contribution < 1.29 is 4.92 Å². The van der Waals surface area contributed by atoms with Crippen molar-refractivity contribution in [2.24, 2.45) is 0 Å². The van der Waals surface area contributed by atoms with Crippen LogP contribution in [0.25, 0.3) is 0 Å². The van der Waals surface area contributed by atoms with Crippen LogP contribution in [0.1, 0.15) is 6.92 Å². The van der Waals surface area contributed by atoms with Crippen molar-refractivity contribution in [3.05, 3.63) is 39.5 Å². The number of hydrogen-bond donors (Lipinski definition) is 1. The molecule has 0 radical (unpaired) electrons. The van der Waals surface area contributed by atoms with Gasteiger partial charge in [-0.15, -0.1) is 6.58 Å². The van der Waals surface area contributed by atoms with Gasteiger partial charge in [0.15, 0.2) is 0 Å². The lowest BCUT2D eigenvalue weighted by Gasteiger charge is -2.09. The minimum absolute atomic E-state index is 0.0573. The third-order valence-corrected chi connectivity index (χ3v) is 2.18. The molecule has 1 heterocycles. The SMILES string of the molecule is C=CC(C)Nc1ncc(Br)cc1[N+](=O)[O-]. The summed E-state index contributed by atoms with van der Waals surface area (Å²) in [6, 6.07) is 1.34. The van der Waals surface area contributed by atoms with Gasteiger partial charge in [0.25, 0.3) is 0 Å². The van der Waals surface area contributed by atoms with Crippen molar-refractivity contribution in [1.29, 1.82) is 0 Å². The van der Waals surface area contributed by atoms with Gasteiger partial charge in [-0.2, -0.15) is 0 Å². The maximum absolute atomic E-state index is 10.7. The van der Waals surface area contributed by atoms with E-state index in [9.17, 15) is 10.1 Å². The van der Waals surface area contributed by atoms with E-state index in [0.717, 1.165) is 0 Å². The largest absolute Gasteiger partial charge is 0.358 e. The molecule has 1 unspecified atom stereocenters. The van der Waals surface area contributed by atoms with Crippen LogP contribution in [-0.4, -0.2) is 15.9 Å². The smallest absolute Gasteiger partial charge is 0.312 e. The highest BCUT2D eigenvalue weighted by Gasteiger charge is 2.16. The third kappa shape index (κ3) is 3.02. The Morgan fingerprint density at radius 1 is 1.80 bits per heavy atom. The standard InChI is InChI=1S/C9H10BrN3O2/c1-3-6(2)12-9-8(13(14)15)4-7(10)5-11-9/h3-6H,1H2,2H3,(H,11,12). The monoisotopic (exact) mass is 271 g/mol. The molecule has 5 nitrogen and oxygen atoms in total. The molecule has 0 bridgehead atoms. The Morgan fingerprint density at radius 3 is 3.00 bits per heavy atom. The van der Waals surface area contributed by atoms with Gasteiger partial charge < -0.3 is 5.32 Å². The van der Waals surface area contributed by atoms with E-state index >= 15 is 0 Å². The van der Waals surface area contributed by atoms with E-state index in [-0.39, 0.29) is 17.5 Å². The molecule has 6 heteroatoms. The average Bonchev–Trinajstić information content (AvgIpc) is 2.20. The van der Waals surface area contributed by atoms with Crippen molar-refractivity contribution in [2.45, 2.75) is 13.0 Å². The first kappa shape index (κ1) is 11.6. The molecule has 1 aromatic rings. The summed E-state index contributed by atoms with van der Waals surface area (Å²) in [7, 11) is 0. The second-order valence-electron chi connectivity index (χ2n) is 2.95. The molecule has 0 aliphatic carbocycles. The summed E-state index contributed by atoms with van der Waals surface area (Å²) in [5.74, 6) is 0.246. The molecule has 0 saturated carbocycles. The van der Waals surface area contributed by atoms with E-state index in [1.54, 1.807) is 6.08 Å². The molecule has 0 aliphatic heterocycles. The number of rotatable bonds is 4. The van der Waals surface area contributed by atoms with Gasteiger partial charge in [-0.05, 0) is 22.9 Å². The number of anilines is 1. The summed E-state index contributed by atoms with van der Waals surface area (Å²) >= 11 is 3.13. The summed E-state index contributed by atoms with van der Waals surface area (Å²) < 4.78 is 0.575. The minimum atomic E-state index is -0.476. The molecule has 1 atom stereocenters. The summed E-state index contributed by atoms with van der Waals surface area (Å²) in [5, 5.41) is 13.6. The maximum Gasteiger partial charge on any atom is 0.312 e. The van der Waals surface area contributed by atoms with E-state index in [1.807, 2.05) is 6.92 Å². The van der Waals surface area contributed by atoms with E-state index in [1.165, 1.54) is 12.3 Å². The van der Waals surface area contributed by atoms with Crippen LogP contribution in [0, 0.1) is 10.1 Å². The van der Waals surface area contributed by atoms with Crippen LogP contribution in [0.15, 0.2) is 29.4 Å². The molecule has 0 spiro atoms. The first-order chi connectivity index (χ1) is 7.04. The van der Waals surface area contributed by atoms with Gasteiger partial charge in [-0.25, -0.2) is 4.98 Å². The minimum Gasteiger partial charge on any atom is -0.358 e. The van der Waals surface area contributed by atoms with Crippen molar-refractivity contribution in [2.75, 3.05) is 5.32 Å². The topological polar surface area (TPSA) is 68.1 Å². The van der Waals surface area contributed by atoms with Gasteiger partial charge in [0.2, 0.25) is 5.82 Å². The highest BCUT2D eigenvalue weighted by atomic mass is 79.9. The lowest BCUT2D eigenvalue weighted by molar-refractivity contribution is -0.384. The fourth-order valence-corrected chi connectivity index (χ4v) is 1.27. The molecule has 80 valence electrons. The van der Waals surface area contributed by atoms with Crippen molar-refractivity contribution >= 4 is 27.4 Å². The Morgan fingerprint density at radius 2 is 2.47 bits per heavy atom. The predicted octanol–water partition coefficient (Wildman–Crippen LogP) is 2.74. The molecule has 0 aliphatic rings. The lowest BCUT2D eigenvalue weighted by atomic mass is 10.3. The fourth-order valence-electron chi connectivity index (χ4n) is 0.954. The first-order valence-corrected chi connectivity index (χ1v) is 5.03. The Hall–Kier alpha value is -1.43. The number of nitro groups is 1. The molecule has 1 N–H and O–H groups in total. The highest BCUT2D eigenvalue weighted by Crippen LogP contribution is 2.25. The molecule has 0 fully saturated rings. The van der Waals surface area contributed by atoms with E-state index in [0.29, 0.717) is 4.47 Å². The van der Waals surface area contributed by atoms with Crippen LogP contribution >= 0.6 is 15.9 Å². The Balaban J connectivity index is 3.05. The Labute approximate surface area is 95.5 Å². The van der Waals surface area contributed by atoms with Crippen molar-refractivity contribution in [3.8, 4) is 0 Å². The quantitative estimate of drug-likeness (QED) is 0.520. The number of aromatic nitrogens is 1. The van der Waals surface area contributed by atoms with Gasteiger partial charge >= 0.3 is 5.69 Å². The normalized spacial score (nSPS) is 11.9. The number of nitrogens with one attached hydrogen (secondary N) is 1. The fraction of sp³-hybridized carbons (Fsp3) is 0.222. The van der Waals surface area contributed by atoms with Crippen LogP contribution in [0.5, 0.6) is 0 Å². The number of hydrogen-bond acceptors (Lipinski definition) is 4. The van der Waals surface area contributed by atoms with Crippen LogP contribution in [0.2, 0.25) is 0 Å². The molecular weight excluding hydrogens is 262 g/mol. The molecule has 15 heavy (non-hydrogen) atoms. The van der Waals surface area contributed by atoms with Gasteiger partial charge in [0.05, 0.1) is 4.92 Å². The molecule has 0 amide bonds. The number of halogens is 1. The molecule has 1 aromatic heterocycles. The van der Waals surface area contributed by atoms with Crippen molar-refractivity contribution in [3.63, 3.8) is 0 Å². The Bertz CT molecular complexity index is 395. The van der Waals surface area contributed by atoms with Crippen LogP contribution in [0.3, 0.4) is 0 Å². The van der Waals surface area contributed by atoms with E-state index in [2.05, 4.69) is 32.8 Å². The van der Waals surface area contributed by atoms with Crippen LogP contribution < -0.4 is 5.32 Å². The molecule has 1 rings (SSSR count). The molecular formula is C9H10BrN3O2. The molecule has 0 aromatic carbocycles. The first-order valence-electron chi connectivity index (χ1n) is 4.23. The summed E-state index contributed by atoms with van der Waals surface area (Å²) in [6.07, 6.45) is 3.15. The number of nitrogens with zero attached hydrogens (tertiary/aromatic N) is 2. The van der Waals surface area contributed by atoms with Gasteiger partial charge in [-0.3, -0.25) is 10.1 Å². The second-order valence-corrected chi connectivity index (χ2v) is 3.86. The van der Waals surface area contributed by atoms with Gasteiger partial charge in [-0.1, -0.05) is 6.08 Å². The van der Waals surface area contributed by atoms with Gasteiger partial charge in [0, 0.05) is 22.8 Å². The zero-order valence-corrected chi connectivity index (χ0v) is 9.69. The maximum atomic E-state index is 10.7. The summed E-state index contributed by atoms with van der Waals surface area (Å²) in [4.78, 5) is 14.2. The lowest BCUT2D eigenvalue weighted by Crippen LogP contribution is -2.13. The van der Waals surface area contributed by atoms with Crippen molar-refractivity contribution in [1.82, 2.24) is 4.98 Å².